The normalized spacial score (nSPS) is 23.5. The summed E-state index contributed by atoms with van der Waals surface area (Å²) in [5.74, 6) is 0.0803. The highest BCUT2D eigenvalue weighted by Gasteiger charge is 2.29. The first-order chi connectivity index (χ1) is 9.83. The molecule has 0 spiro atoms. The third-order valence-corrected chi connectivity index (χ3v) is 3.89. The van der Waals surface area contributed by atoms with E-state index in [2.05, 4.69) is 10.6 Å². The molecule has 20 heavy (non-hydrogen) atoms. The van der Waals surface area contributed by atoms with Gasteiger partial charge >= 0.3 is 0 Å². The smallest absolute Gasteiger partial charge is 0.241 e. The van der Waals surface area contributed by atoms with E-state index in [1.807, 2.05) is 30.3 Å². The van der Waals surface area contributed by atoms with Crippen LogP contribution in [0.15, 0.2) is 30.3 Å². The topological polar surface area (TPSA) is 50.4 Å². The molecule has 2 N–H and O–H groups in total. The van der Waals surface area contributed by atoms with Gasteiger partial charge in [0, 0.05) is 19.2 Å². The number of ether oxygens (including phenoxy) is 1. The molecule has 3 rings (SSSR count). The number of hydrogen-bond acceptors (Lipinski definition) is 3. The first-order valence-corrected chi connectivity index (χ1v) is 7.53. The summed E-state index contributed by atoms with van der Waals surface area (Å²) in [7, 11) is 0. The van der Waals surface area contributed by atoms with E-state index in [1.54, 1.807) is 0 Å². The van der Waals surface area contributed by atoms with E-state index in [0.717, 1.165) is 44.4 Å². The first-order valence-electron chi connectivity index (χ1n) is 7.53. The Labute approximate surface area is 119 Å². The number of nitrogens with one attached hydrogen (secondary N) is 2. The van der Waals surface area contributed by atoms with Crippen LogP contribution in [-0.4, -0.2) is 31.2 Å². The molecule has 108 valence electrons. The van der Waals surface area contributed by atoms with Crippen molar-refractivity contribution in [1.82, 2.24) is 10.6 Å². The van der Waals surface area contributed by atoms with Crippen molar-refractivity contribution in [3.63, 3.8) is 0 Å². The molecular weight excluding hydrogens is 252 g/mol. The number of carbonyl (C=O) groups excluding carboxylic acids is 1. The molecule has 1 amide bonds. The Morgan fingerprint density at radius 1 is 1.25 bits per heavy atom. The molecule has 1 aliphatic heterocycles. The predicted molar refractivity (Wildman–Crippen MR) is 77.3 cm³/mol. The van der Waals surface area contributed by atoms with E-state index in [4.69, 9.17) is 4.74 Å². The summed E-state index contributed by atoms with van der Waals surface area (Å²) in [5, 5.41) is 6.46. The molecular formula is C16H22N2O2. The Morgan fingerprint density at radius 3 is 2.70 bits per heavy atom. The number of carbonyl (C=O) groups is 1. The van der Waals surface area contributed by atoms with Crippen LogP contribution in [0.2, 0.25) is 0 Å². The Kier molecular flexibility index (Phi) is 4.33. The molecule has 0 radical (unpaired) electrons. The van der Waals surface area contributed by atoms with Gasteiger partial charge in [0.2, 0.25) is 5.91 Å². The maximum absolute atomic E-state index is 12.4. The fraction of sp³-hybridized carbons (Fsp3) is 0.562. The van der Waals surface area contributed by atoms with Gasteiger partial charge in [0.15, 0.2) is 0 Å². The predicted octanol–water partition coefficient (Wildman–Crippen LogP) is 1.77. The van der Waals surface area contributed by atoms with E-state index in [1.165, 1.54) is 0 Å². The van der Waals surface area contributed by atoms with Crippen LogP contribution in [0.3, 0.4) is 0 Å². The first kappa shape index (κ1) is 13.6. The van der Waals surface area contributed by atoms with E-state index in [-0.39, 0.29) is 18.1 Å². The monoisotopic (exact) mass is 274 g/mol. The molecule has 1 saturated carbocycles. The highest BCUT2D eigenvalue weighted by Crippen LogP contribution is 2.21. The van der Waals surface area contributed by atoms with Crippen molar-refractivity contribution < 1.29 is 9.53 Å². The average molecular weight is 274 g/mol. The SMILES string of the molecule is O=C(NC1CC1)[C@@H](NC[C@@H]1CCCO1)c1ccccc1. The highest BCUT2D eigenvalue weighted by molar-refractivity contribution is 5.83. The average Bonchev–Trinajstić information content (AvgIpc) is 3.13. The van der Waals surface area contributed by atoms with Crippen LogP contribution in [0.5, 0.6) is 0 Å². The molecule has 2 fully saturated rings. The van der Waals surface area contributed by atoms with Gasteiger partial charge in [0.25, 0.3) is 0 Å². The van der Waals surface area contributed by atoms with Gasteiger partial charge in [0.05, 0.1) is 6.10 Å². The zero-order chi connectivity index (χ0) is 13.8. The van der Waals surface area contributed by atoms with Crippen LogP contribution in [0.4, 0.5) is 0 Å². The molecule has 4 nitrogen and oxygen atoms in total. The second-order valence-corrected chi connectivity index (χ2v) is 5.67. The molecule has 0 unspecified atom stereocenters. The lowest BCUT2D eigenvalue weighted by atomic mass is 10.1. The minimum absolute atomic E-state index is 0.0803. The fourth-order valence-electron chi connectivity index (χ4n) is 2.57. The van der Waals surface area contributed by atoms with Gasteiger partial charge in [-0.1, -0.05) is 30.3 Å². The minimum Gasteiger partial charge on any atom is -0.377 e. The van der Waals surface area contributed by atoms with Crippen molar-refractivity contribution in [2.45, 2.75) is 43.9 Å². The van der Waals surface area contributed by atoms with E-state index < -0.39 is 0 Å². The summed E-state index contributed by atoms with van der Waals surface area (Å²) in [6, 6.07) is 10.0. The molecule has 0 bridgehead atoms. The second-order valence-electron chi connectivity index (χ2n) is 5.67. The summed E-state index contributed by atoms with van der Waals surface area (Å²) in [4.78, 5) is 12.4. The van der Waals surface area contributed by atoms with Crippen molar-refractivity contribution in [3.05, 3.63) is 35.9 Å². The molecule has 2 aliphatic rings. The van der Waals surface area contributed by atoms with E-state index in [0.29, 0.717) is 6.04 Å². The number of rotatable bonds is 6. The maximum Gasteiger partial charge on any atom is 0.241 e. The summed E-state index contributed by atoms with van der Waals surface area (Å²) < 4.78 is 5.62. The minimum atomic E-state index is -0.277. The van der Waals surface area contributed by atoms with Crippen molar-refractivity contribution >= 4 is 5.91 Å². The van der Waals surface area contributed by atoms with Gasteiger partial charge < -0.3 is 10.1 Å². The van der Waals surface area contributed by atoms with Crippen molar-refractivity contribution in [1.29, 1.82) is 0 Å². The van der Waals surface area contributed by atoms with Crippen molar-refractivity contribution in [2.75, 3.05) is 13.2 Å². The van der Waals surface area contributed by atoms with Crippen LogP contribution in [0, 0.1) is 0 Å². The molecule has 2 atom stereocenters. The zero-order valence-electron chi connectivity index (χ0n) is 11.7. The third kappa shape index (κ3) is 3.58. The van der Waals surface area contributed by atoms with Crippen LogP contribution in [-0.2, 0) is 9.53 Å². The second kappa shape index (κ2) is 6.37. The molecule has 1 aromatic rings. The summed E-state index contributed by atoms with van der Waals surface area (Å²) in [5.41, 5.74) is 1.02. The van der Waals surface area contributed by atoms with Crippen LogP contribution >= 0.6 is 0 Å². The number of hydrogen-bond donors (Lipinski definition) is 2. The standard InChI is InChI=1S/C16H22N2O2/c19-16(18-13-8-9-13)15(12-5-2-1-3-6-12)17-11-14-7-4-10-20-14/h1-3,5-6,13-15,17H,4,7-11H2,(H,18,19)/t14-,15-/m0/s1. The number of amides is 1. The van der Waals surface area contributed by atoms with Crippen LogP contribution in [0.25, 0.3) is 0 Å². The Hall–Kier alpha value is -1.39. The van der Waals surface area contributed by atoms with Gasteiger partial charge in [-0.3, -0.25) is 10.1 Å². The van der Waals surface area contributed by atoms with E-state index >= 15 is 0 Å². The Balaban J connectivity index is 1.63. The zero-order valence-corrected chi connectivity index (χ0v) is 11.7. The van der Waals surface area contributed by atoms with Gasteiger partial charge in [-0.15, -0.1) is 0 Å². The van der Waals surface area contributed by atoms with Crippen LogP contribution in [0.1, 0.15) is 37.3 Å². The molecule has 4 heteroatoms. The molecule has 1 saturated heterocycles. The number of benzene rings is 1. The molecule has 1 aromatic carbocycles. The largest absolute Gasteiger partial charge is 0.377 e. The maximum atomic E-state index is 12.4. The Bertz CT molecular complexity index is 439. The van der Waals surface area contributed by atoms with Gasteiger partial charge in [-0.25, -0.2) is 0 Å². The van der Waals surface area contributed by atoms with Crippen molar-refractivity contribution in [2.24, 2.45) is 0 Å². The molecule has 1 aliphatic carbocycles. The summed E-state index contributed by atoms with van der Waals surface area (Å²) in [6.07, 6.45) is 4.67. The molecule has 1 heterocycles. The van der Waals surface area contributed by atoms with Gasteiger partial charge in [0.1, 0.15) is 6.04 Å². The quantitative estimate of drug-likeness (QED) is 0.831. The Morgan fingerprint density at radius 2 is 2.05 bits per heavy atom. The lowest BCUT2D eigenvalue weighted by Gasteiger charge is -2.20. The summed E-state index contributed by atoms with van der Waals surface area (Å²) in [6.45, 7) is 1.58. The highest BCUT2D eigenvalue weighted by atomic mass is 16.5. The fourth-order valence-corrected chi connectivity index (χ4v) is 2.57. The van der Waals surface area contributed by atoms with Crippen molar-refractivity contribution in [3.8, 4) is 0 Å². The third-order valence-electron chi connectivity index (χ3n) is 3.89. The lowest BCUT2D eigenvalue weighted by Crippen LogP contribution is -2.41. The van der Waals surface area contributed by atoms with Gasteiger partial charge in [-0.05, 0) is 31.2 Å². The van der Waals surface area contributed by atoms with Crippen LogP contribution < -0.4 is 10.6 Å². The van der Waals surface area contributed by atoms with E-state index in [9.17, 15) is 4.79 Å². The summed E-state index contributed by atoms with van der Waals surface area (Å²) >= 11 is 0. The molecule has 0 aromatic heterocycles. The van der Waals surface area contributed by atoms with Gasteiger partial charge in [-0.2, -0.15) is 0 Å². The lowest BCUT2D eigenvalue weighted by molar-refractivity contribution is -0.123.